The molecule has 1 aromatic carbocycles. The van der Waals surface area contributed by atoms with Crippen LogP contribution in [0.15, 0.2) is 42.0 Å². The highest BCUT2D eigenvalue weighted by atomic mass is 16.3. The van der Waals surface area contributed by atoms with E-state index in [0.29, 0.717) is 6.54 Å². The fourth-order valence-corrected chi connectivity index (χ4v) is 2.21. The molecule has 1 N–H and O–H groups in total. The molecule has 2 rings (SSSR count). The fraction of sp³-hybridized carbons (Fsp3) is 0.400. The molecular formula is C15H19NO2. The summed E-state index contributed by atoms with van der Waals surface area (Å²) in [4.78, 5) is 13.4. The van der Waals surface area contributed by atoms with E-state index in [0.717, 1.165) is 19.4 Å². The Morgan fingerprint density at radius 2 is 2.06 bits per heavy atom. The Morgan fingerprint density at radius 1 is 1.28 bits per heavy atom. The van der Waals surface area contributed by atoms with Gasteiger partial charge >= 0.3 is 0 Å². The minimum Gasteiger partial charge on any atom is -0.396 e. The maximum Gasteiger partial charge on any atom is 0.225 e. The molecule has 1 amide bonds. The number of hydrogen-bond acceptors (Lipinski definition) is 2. The summed E-state index contributed by atoms with van der Waals surface area (Å²) in [6.45, 7) is 1.40. The van der Waals surface area contributed by atoms with Crippen LogP contribution < -0.4 is 0 Å². The van der Waals surface area contributed by atoms with Crippen molar-refractivity contribution in [3.8, 4) is 0 Å². The van der Waals surface area contributed by atoms with Crippen molar-refractivity contribution in [2.75, 3.05) is 19.7 Å². The monoisotopic (exact) mass is 245 g/mol. The summed E-state index contributed by atoms with van der Waals surface area (Å²) in [6, 6.07) is 10.4. The van der Waals surface area contributed by atoms with Crippen LogP contribution in [0.4, 0.5) is 0 Å². The number of nitrogens with zero attached hydrogens (tertiary/aromatic N) is 1. The number of benzene rings is 1. The Balaban J connectivity index is 1.89. The topological polar surface area (TPSA) is 40.5 Å². The SMILES string of the molecule is O=C(CCO)N1CC=C(Cc2ccccc2)CC1. The first kappa shape index (κ1) is 12.8. The summed E-state index contributed by atoms with van der Waals surface area (Å²) in [5, 5.41) is 8.75. The zero-order chi connectivity index (χ0) is 12.8. The van der Waals surface area contributed by atoms with E-state index in [1.54, 1.807) is 0 Å². The average molecular weight is 245 g/mol. The Labute approximate surface area is 108 Å². The van der Waals surface area contributed by atoms with Crippen molar-refractivity contribution < 1.29 is 9.90 Å². The number of carbonyl (C=O) groups is 1. The van der Waals surface area contributed by atoms with Gasteiger partial charge in [-0.25, -0.2) is 0 Å². The molecule has 1 aromatic rings. The van der Waals surface area contributed by atoms with Crippen LogP contribution in [0.1, 0.15) is 18.4 Å². The molecule has 1 aliphatic rings. The summed E-state index contributed by atoms with van der Waals surface area (Å²) >= 11 is 0. The van der Waals surface area contributed by atoms with Crippen molar-refractivity contribution in [2.24, 2.45) is 0 Å². The van der Waals surface area contributed by atoms with Crippen LogP contribution in [0.3, 0.4) is 0 Å². The van der Waals surface area contributed by atoms with Gasteiger partial charge in [0.25, 0.3) is 0 Å². The summed E-state index contributed by atoms with van der Waals surface area (Å²) in [5.41, 5.74) is 2.72. The Kier molecular flexibility index (Phi) is 4.53. The normalized spacial score (nSPS) is 15.4. The highest BCUT2D eigenvalue weighted by Gasteiger charge is 2.16. The quantitative estimate of drug-likeness (QED) is 0.821. The molecule has 0 radical (unpaired) electrons. The number of rotatable bonds is 4. The van der Waals surface area contributed by atoms with E-state index >= 15 is 0 Å². The lowest BCUT2D eigenvalue weighted by Gasteiger charge is -2.26. The molecule has 1 aliphatic heterocycles. The number of aliphatic hydroxyl groups is 1. The van der Waals surface area contributed by atoms with E-state index in [1.165, 1.54) is 11.1 Å². The molecule has 0 saturated carbocycles. The van der Waals surface area contributed by atoms with Gasteiger partial charge in [-0.2, -0.15) is 0 Å². The molecular weight excluding hydrogens is 226 g/mol. The Hall–Kier alpha value is -1.61. The lowest BCUT2D eigenvalue weighted by atomic mass is 9.99. The van der Waals surface area contributed by atoms with Crippen LogP contribution in [0.5, 0.6) is 0 Å². The zero-order valence-corrected chi connectivity index (χ0v) is 10.5. The molecule has 3 nitrogen and oxygen atoms in total. The van der Waals surface area contributed by atoms with E-state index in [1.807, 2.05) is 11.0 Å². The van der Waals surface area contributed by atoms with E-state index < -0.39 is 0 Å². The lowest BCUT2D eigenvalue weighted by Crippen LogP contribution is -2.35. The van der Waals surface area contributed by atoms with Gasteiger partial charge in [-0.15, -0.1) is 0 Å². The molecule has 96 valence electrons. The van der Waals surface area contributed by atoms with Crippen molar-refractivity contribution in [1.29, 1.82) is 0 Å². The maximum atomic E-state index is 11.6. The Bertz CT molecular complexity index is 425. The third-order valence-corrected chi connectivity index (χ3v) is 3.26. The molecule has 0 spiro atoms. The molecule has 0 fully saturated rings. The van der Waals surface area contributed by atoms with E-state index in [4.69, 9.17) is 5.11 Å². The van der Waals surface area contributed by atoms with Gasteiger partial charge in [0.15, 0.2) is 0 Å². The number of hydrogen-bond donors (Lipinski definition) is 1. The lowest BCUT2D eigenvalue weighted by molar-refractivity contribution is -0.131. The fourth-order valence-electron chi connectivity index (χ4n) is 2.21. The van der Waals surface area contributed by atoms with Crippen molar-refractivity contribution >= 4 is 5.91 Å². The van der Waals surface area contributed by atoms with Crippen molar-refractivity contribution in [1.82, 2.24) is 4.90 Å². The molecule has 18 heavy (non-hydrogen) atoms. The molecule has 0 aromatic heterocycles. The smallest absolute Gasteiger partial charge is 0.225 e. The summed E-state index contributed by atoms with van der Waals surface area (Å²) < 4.78 is 0. The van der Waals surface area contributed by atoms with Crippen molar-refractivity contribution in [2.45, 2.75) is 19.3 Å². The van der Waals surface area contributed by atoms with E-state index in [9.17, 15) is 4.79 Å². The molecule has 0 atom stereocenters. The minimum atomic E-state index is -0.0596. The van der Waals surface area contributed by atoms with Crippen LogP contribution in [0.25, 0.3) is 0 Å². The number of aliphatic hydroxyl groups excluding tert-OH is 1. The highest BCUT2D eigenvalue weighted by molar-refractivity contribution is 5.76. The Morgan fingerprint density at radius 3 is 2.67 bits per heavy atom. The van der Waals surface area contributed by atoms with Gasteiger partial charge in [0.2, 0.25) is 5.91 Å². The second-order valence-electron chi connectivity index (χ2n) is 4.59. The second kappa shape index (κ2) is 6.36. The zero-order valence-electron chi connectivity index (χ0n) is 10.5. The molecule has 0 aliphatic carbocycles. The third kappa shape index (κ3) is 3.44. The maximum absolute atomic E-state index is 11.6. The van der Waals surface area contributed by atoms with Gasteiger partial charge in [-0.3, -0.25) is 4.79 Å². The molecule has 3 heteroatoms. The van der Waals surface area contributed by atoms with Crippen LogP contribution in [-0.2, 0) is 11.2 Å². The van der Waals surface area contributed by atoms with Crippen LogP contribution in [0.2, 0.25) is 0 Å². The average Bonchev–Trinajstić information content (AvgIpc) is 2.41. The first-order valence-electron chi connectivity index (χ1n) is 6.40. The van der Waals surface area contributed by atoms with Gasteiger partial charge in [0, 0.05) is 19.5 Å². The number of carbonyl (C=O) groups excluding carboxylic acids is 1. The summed E-state index contributed by atoms with van der Waals surface area (Å²) in [5.74, 6) is 0.0486. The number of amides is 1. The standard InChI is InChI=1S/C15H19NO2/c17-11-8-15(18)16-9-6-14(7-10-16)12-13-4-2-1-3-5-13/h1-6,17H,7-12H2. The first-order valence-corrected chi connectivity index (χ1v) is 6.40. The molecule has 0 saturated heterocycles. The third-order valence-electron chi connectivity index (χ3n) is 3.26. The van der Waals surface area contributed by atoms with Crippen LogP contribution >= 0.6 is 0 Å². The molecule has 0 unspecified atom stereocenters. The summed E-state index contributed by atoms with van der Waals surface area (Å²) in [7, 11) is 0. The molecule has 0 bridgehead atoms. The van der Waals surface area contributed by atoms with Gasteiger partial charge in [-0.05, 0) is 18.4 Å². The predicted octanol–water partition coefficient (Wildman–Crippen LogP) is 1.77. The molecule has 1 heterocycles. The van der Waals surface area contributed by atoms with Gasteiger partial charge in [0.1, 0.15) is 0 Å². The minimum absolute atomic E-state index is 0.0486. The van der Waals surface area contributed by atoms with E-state index in [-0.39, 0.29) is 18.9 Å². The van der Waals surface area contributed by atoms with Crippen LogP contribution in [-0.4, -0.2) is 35.6 Å². The van der Waals surface area contributed by atoms with Crippen molar-refractivity contribution in [3.63, 3.8) is 0 Å². The van der Waals surface area contributed by atoms with Gasteiger partial charge in [0.05, 0.1) is 6.61 Å². The summed E-state index contributed by atoms with van der Waals surface area (Å²) in [6.07, 6.45) is 4.29. The van der Waals surface area contributed by atoms with Gasteiger partial charge in [-0.1, -0.05) is 42.0 Å². The highest BCUT2D eigenvalue weighted by Crippen LogP contribution is 2.16. The van der Waals surface area contributed by atoms with Crippen LogP contribution in [0, 0.1) is 0 Å². The predicted molar refractivity (Wildman–Crippen MR) is 71.1 cm³/mol. The van der Waals surface area contributed by atoms with Gasteiger partial charge < -0.3 is 10.0 Å². The first-order chi connectivity index (χ1) is 8.79. The largest absolute Gasteiger partial charge is 0.396 e. The van der Waals surface area contributed by atoms with E-state index in [2.05, 4.69) is 30.3 Å². The van der Waals surface area contributed by atoms with Crippen molar-refractivity contribution in [3.05, 3.63) is 47.5 Å². The second-order valence-corrected chi connectivity index (χ2v) is 4.59.